The van der Waals surface area contributed by atoms with Gasteiger partial charge in [0.25, 0.3) is 0 Å². The SMILES string of the molecule is CC(=O)Nc1cc(C#Cc2ccccc2)ccc1Br. The van der Waals surface area contributed by atoms with Gasteiger partial charge in [0.15, 0.2) is 0 Å². The zero-order chi connectivity index (χ0) is 13.7. The molecule has 0 atom stereocenters. The highest BCUT2D eigenvalue weighted by Crippen LogP contribution is 2.23. The molecule has 0 unspecified atom stereocenters. The van der Waals surface area contributed by atoms with Crippen molar-refractivity contribution in [1.82, 2.24) is 0 Å². The molecule has 94 valence electrons. The van der Waals surface area contributed by atoms with E-state index in [0.717, 1.165) is 21.3 Å². The Morgan fingerprint density at radius 2 is 1.74 bits per heavy atom. The zero-order valence-corrected chi connectivity index (χ0v) is 12.0. The first kappa shape index (κ1) is 13.4. The van der Waals surface area contributed by atoms with Crippen LogP contribution in [0, 0.1) is 11.8 Å². The number of benzene rings is 2. The molecule has 0 radical (unpaired) electrons. The van der Waals surface area contributed by atoms with Crippen molar-refractivity contribution < 1.29 is 4.79 Å². The summed E-state index contributed by atoms with van der Waals surface area (Å²) < 4.78 is 0.841. The topological polar surface area (TPSA) is 29.1 Å². The fraction of sp³-hybridized carbons (Fsp3) is 0.0625. The van der Waals surface area contributed by atoms with Gasteiger partial charge in [0, 0.05) is 22.5 Å². The number of anilines is 1. The second-order valence-corrected chi connectivity index (χ2v) is 4.85. The maximum atomic E-state index is 11.1. The molecule has 0 aliphatic carbocycles. The molecule has 0 bridgehead atoms. The van der Waals surface area contributed by atoms with Gasteiger partial charge in [0.2, 0.25) is 5.91 Å². The van der Waals surface area contributed by atoms with E-state index in [1.54, 1.807) is 0 Å². The van der Waals surface area contributed by atoms with Crippen LogP contribution >= 0.6 is 15.9 Å². The fourth-order valence-electron chi connectivity index (χ4n) is 1.55. The minimum Gasteiger partial charge on any atom is -0.325 e. The Bertz CT molecular complexity index is 653. The van der Waals surface area contributed by atoms with Crippen LogP contribution in [0.25, 0.3) is 0 Å². The second-order valence-electron chi connectivity index (χ2n) is 3.99. The fourth-order valence-corrected chi connectivity index (χ4v) is 1.90. The lowest BCUT2D eigenvalue weighted by molar-refractivity contribution is -0.114. The molecule has 3 heteroatoms. The first-order chi connectivity index (χ1) is 9.15. The van der Waals surface area contributed by atoms with Crippen LogP contribution < -0.4 is 5.32 Å². The molecule has 0 saturated heterocycles. The second kappa shape index (κ2) is 6.21. The van der Waals surface area contributed by atoms with Gasteiger partial charge in [0.05, 0.1) is 5.69 Å². The van der Waals surface area contributed by atoms with E-state index in [1.807, 2.05) is 48.5 Å². The molecule has 1 N–H and O–H groups in total. The van der Waals surface area contributed by atoms with E-state index < -0.39 is 0 Å². The molecule has 0 heterocycles. The highest BCUT2D eigenvalue weighted by atomic mass is 79.9. The Hall–Kier alpha value is -2.05. The summed E-state index contributed by atoms with van der Waals surface area (Å²) in [5, 5.41) is 2.76. The monoisotopic (exact) mass is 313 g/mol. The van der Waals surface area contributed by atoms with Crippen molar-refractivity contribution in [2.24, 2.45) is 0 Å². The van der Waals surface area contributed by atoms with Crippen LogP contribution in [-0.4, -0.2) is 5.91 Å². The predicted molar refractivity (Wildman–Crippen MR) is 80.9 cm³/mol. The largest absolute Gasteiger partial charge is 0.325 e. The van der Waals surface area contributed by atoms with E-state index in [4.69, 9.17) is 0 Å². The number of carbonyl (C=O) groups excluding carboxylic acids is 1. The normalized spacial score (nSPS) is 9.37. The van der Waals surface area contributed by atoms with Gasteiger partial charge in [-0.1, -0.05) is 30.0 Å². The lowest BCUT2D eigenvalue weighted by Crippen LogP contribution is -2.06. The van der Waals surface area contributed by atoms with Gasteiger partial charge < -0.3 is 5.32 Å². The summed E-state index contributed by atoms with van der Waals surface area (Å²) in [4.78, 5) is 11.1. The molecular weight excluding hydrogens is 302 g/mol. The van der Waals surface area contributed by atoms with Crippen molar-refractivity contribution >= 4 is 27.5 Å². The van der Waals surface area contributed by atoms with Crippen molar-refractivity contribution in [3.8, 4) is 11.8 Å². The first-order valence-electron chi connectivity index (χ1n) is 5.79. The number of carbonyl (C=O) groups is 1. The van der Waals surface area contributed by atoms with E-state index in [1.165, 1.54) is 6.92 Å². The number of hydrogen-bond acceptors (Lipinski definition) is 1. The minimum atomic E-state index is -0.103. The summed E-state index contributed by atoms with van der Waals surface area (Å²) in [6.45, 7) is 1.48. The van der Waals surface area contributed by atoms with Gasteiger partial charge in [-0.05, 0) is 46.3 Å². The van der Waals surface area contributed by atoms with Gasteiger partial charge in [-0.3, -0.25) is 4.79 Å². The third-order valence-electron chi connectivity index (χ3n) is 2.40. The smallest absolute Gasteiger partial charge is 0.221 e. The Morgan fingerprint density at radius 3 is 2.42 bits per heavy atom. The highest BCUT2D eigenvalue weighted by molar-refractivity contribution is 9.10. The molecule has 19 heavy (non-hydrogen) atoms. The van der Waals surface area contributed by atoms with Crippen LogP contribution in [0.5, 0.6) is 0 Å². The standard InChI is InChI=1S/C16H12BrNO/c1-12(19)18-16-11-14(9-10-15(16)17)8-7-13-5-3-2-4-6-13/h2-6,9-11H,1H3,(H,18,19). The van der Waals surface area contributed by atoms with Gasteiger partial charge in [-0.2, -0.15) is 0 Å². The summed E-state index contributed by atoms with van der Waals surface area (Å²) >= 11 is 3.39. The average molecular weight is 314 g/mol. The molecule has 0 aromatic heterocycles. The molecule has 0 fully saturated rings. The maximum absolute atomic E-state index is 11.1. The summed E-state index contributed by atoms with van der Waals surface area (Å²) in [6.07, 6.45) is 0. The summed E-state index contributed by atoms with van der Waals surface area (Å²) in [7, 11) is 0. The number of rotatable bonds is 1. The van der Waals surface area contributed by atoms with Crippen molar-refractivity contribution in [1.29, 1.82) is 0 Å². The van der Waals surface area contributed by atoms with Gasteiger partial charge in [-0.15, -0.1) is 0 Å². The van der Waals surface area contributed by atoms with Crippen LogP contribution in [0.4, 0.5) is 5.69 Å². The van der Waals surface area contributed by atoms with Crippen molar-refractivity contribution in [2.45, 2.75) is 6.92 Å². The minimum absolute atomic E-state index is 0.103. The average Bonchev–Trinajstić information content (AvgIpc) is 2.40. The third-order valence-corrected chi connectivity index (χ3v) is 3.09. The molecular formula is C16H12BrNO. The summed E-state index contributed by atoms with van der Waals surface area (Å²) in [5.41, 5.74) is 2.55. The van der Waals surface area contributed by atoms with E-state index in [2.05, 4.69) is 33.1 Å². The molecule has 0 aliphatic heterocycles. The summed E-state index contributed by atoms with van der Waals surface area (Å²) in [5.74, 6) is 6.06. The maximum Gasteiger partial charge on any atom is 0.221 e. The quantitative estimate of drug-likeness (QED) is 0.797. The molecule has 0 spiro atoms. The molecule has 0 aliphatic rings. The van der Waals surface area contributed by atoms with Gasteiger partial charge in [-0.25, -0.2) is 0 Å². The molecule has 2 aromatic carbocycles. The number of amides is 1. The van der Waals surface area contributed by atoms with Crippen LogP contribution in [0.2, 0.25) is 0 Å². The van der Waals surface area contributed by atoms with Crippen LogP contribution in [-0.2, 0) is 4.79 Å². The highest BCUT2D eigenvalue weighted by Gasteiger charge is 2.01. The lowest BCUT2D eigenvalue weighted by atomic mass is 10.1. The van der Waals surface area contributed by atoms with Crippen molar-refractivity contribution in [3.63, 3.8) is 0 Å². The first-order valence-corrected chi connectivity index (χ1v) is 6.58. The summed E-state index contributed by atoms with van der Waals surface area (Å²) in [6, 6.07) is 15.4. The van der Waals surface area contributed by atoms with Gasteiger partial charge >= 0.3 is 0 Å². The number of nitrogens with one attached hydrogen (secondary N) is 1. The Morgan fingerprint density at radius 1 is 1.05 bits per heavy atom. The zero-order valence-electron chi connectivity index (χ0n) is 10.4. The molecule has 2 rings (SSSR count). The van der Waals surface area contributed by atoms with E-state index in [-0.39, 0.29) is 5.91 Å². The van der Waals surface area contributed by atoms with Gasteiger partial charge in [0.1, 0.15) is 0 Å². The molecule has 2 nitrogen and oxygen atoms in total. The predicted octanol–water partition coefficient (Wildman–Crippen LogP) is 3.81. The Kier molecular flexibility index (Phi) is 4.38. The van der Waals surface area contributed by atoms with E-state index in [0.29, 0.717) is 0 Å². The van der Waals surface area contributed by atoms with Crippen LogP contribution in [0.1, 0.15) is 18.1 Å². The molecule has 0 saturated carbocycles. The number of halogens is 1. The van der Waals surface area contributed by atoms with Crippen LogP contribution in [0.3, 0.4) is 0 Å². The van der Waals surface area contributed by atoms with Crippen molar-refractivity contribution in [2.75, 3.05) is 5.32 Å². The number of hydrogen-bond donors (Lipinski definition) is 1. The van der Waals surface area contributed by atoms with Crippen molar-refractivity contribution in [3.05, 3.63) is 64.1 Å². The van der Waals surface area contributed by atoms with E-state index >= 15 is 0 Å². The Balaban J connectivity index is 2.27. The molecule has 2 aromatic rings. The van der Waals surface area contributed by atoms with E-state index in [9.17, 15) is 4.79 Å². The lowest BCUT2D eigenvalue weighted by Gasteiger charge is -2.05. The molecule has 1 amide bonds. The Labute approximate surface area is 121 Å². The van der Waals surface area contributed by atoms with Crippen LogP contribution in [0.15, 0.2) is 53.0 Å². The third kappa shape index (κ3) is 3.97.